The largest absolute Gasteiger partial charge is 0.296 e. The number of anilines is 1. The number of carbonyl (C=O) groups is 1. The van der Waals surface area contributed by atoms with Crippen LogP contribution in [0.1, 0.15) is 40.2 Å². The Morgan fingerprint density at radius 3 is 2.54 bits per heavy atom. The third kappa shape index (κ3) is 3.71. The summed E-state index contributed by atoms with van der Waals surface area (Å²) in [6, 6.07) is 17.5. The van der Waals surface area contributed by atoms with E-state index in [9.17, 15) is 4.79 Å². The molecular weight excluding hydrogens is 386 g/mol. The smallest absolute Gasteiger partial charge is 0.258 e. The predicted octanol–water partition coefficient (Wildman–Crippen LogP) is 5.09. The van der Waals surface area contributed by atoms with Crippen LogP contribution in [-0.4, -0.2) is 16.1 Å². The minimum Gasteiger partial charge on any atom is -0.296 e. The van der Waals surface area contributed by atoms with Gasteiger partial charge in [0.15, 0.2) is 0 Å². The number of hydrogen-bond acceptors (Lipinski definition) is 4. The van der Waals surface area contributed by atoms with Crippen molar-refractivity contribution in [2.75, 3.05) is 5.32 Å². The molecule has 0 fully saturated rings. The minimum absolute atomic E-state index is 0.192. The molecule has 2 aromatic carbocycles. The van der Waals surface area contributed by atoms with E-state index in [4.69, 9.17) is 0 Å². The summed E-state index contributed by atoms with van der Waals surface area (Å²) in [4.78, 5) is 12.4. The second-order valence-corrected chi connectivity index (χ2v) is 7.11. The van der Waals surface area contributed by atoms with E-state index in [0.29, 0.717) is 10.7 Å². The van der Waals surface area contributed by atoms with Crippen molar-refractivity contribution in [2.24, 2.45) is 0 Å². The van der Waals surface area contributed by atoms with E-state index in [0.717, 1.165) is 15.9 Å². The van der Waals surface area contributed by atoms with Crippen LogP contribution in [0.4, 0.5) is 5.13 Å². The molecule has 1 heterocycles. The molecule has 1 amide bonds. The number of nitrogens with one attached hydrogen (secondary N) is 1. The number of benzene rings is 2. The van der Waals surface area contributed by atoms with Gasteiger partial charge in [-0.15, -0.1) is 10.2 Å². The molecule has 1 aromatic heterocycles. The zero-order valence-electron chi connectivity index (χ0n) is 13.1. The fraction of sp³-hybridized carbons (Fsp3) is 0.167. The lowest BCUT2D eigenvalue weighted by Crippen LogP contribution is -2.12. The van der Waals surface area contributed by atoms with Gasteiger partial charge in [-0.1, -0.05) is 60.7 Å². The first-order valence-corrected chi connectivity index (χ1v) is 9.24. The van der Waals surface area contributed by atoms with E-state index in [1.165, 1.54) is 16.9 Å². The molecule has 0 radical (unpaired) electrons. The third-order valence-corrected chi connectivity index (χ3v) is 5.33. The molecular formula is C18H16BrN3OS. The van der Waals surface area contributed by atoms with Crippen LogP contribution in [0, 0.1) is 0 Å². The van der Waals surface area contributed by atoms with Crippen molar-refractivity contribution in [2.45, 2.75) is 19.3 Å². The molecule has 4 nitrogen and oxygen atoms in total. The molecule has 0 aliphatic heterocycles. The first-order valence-electron chi connectivity index (χ1n) is 7.63. The van der Waals surface area contributed by atoms with Gasteiger partial charge in [0, 0.05) is 10.4 Å². The Morgan fingerprint density at radius 1 is 1.12 bits per heavy atom. The van der Waals surface area contributed by atoms with Gasteiger partial charge in [0.1, 0.15) is 5.01 Å². The molecule has 0 bridgehead atoms. The average Bonchev–Trinajstić information content (AvgIpc) is 3.05. The van der Waals surface area contributed by atoms with Crippen LogP contribution in [-0.2, 0) is 0 Å². The lowest BCUT2D eigenvalue weighted by molar-refractivity contribution is 0.102. The number of hydrogen-bond donors (Lipinski definition) is 1. The zero-order valence-corrected chi connectivity index (χ0v) is 15.5. The maximum absolute atomic E-state index is 12.4. The van der Waals surface area contributed by atoms with Crippen LogP contribution in [0.3, 0.4) is 0 Å². The molecule has 6 heteroatoms. The third-order valence-electron chi connectivity index (χ3n) is 3.69. The molecule has 24 heavy (non-hydrogen) atoms. The summed E-state index contributed by atoms with van der Waals surface area (Å²) in [5.74, 6) is -0.00394. The lowest BCUT2D eigenvalue weighted by atomic mass is 9.97. The second kappa shape index (κ2) is 7.68. The van der Waals surface area contributed by atoms with Gasteiger partial charge in [-0.25, -0.2) is 0 Å². The van der Waals surface area contributed by atoms with E-state index in [1.54, 1.807) is 6.07 Å². The van der Waals surface area contributed by atoms with Gasteiger partial charge in [-0.3, -0.25) is 10.1 Å². The molecule has 0 saturated carbocycles. The molecule has 122 valence electrons. The number of nitrogens with zero attached hydrogens (tertiary/aromatic N) is 2. The molecule has 0 saturated heterocycles. The summed E-state index contributed by atoms with van der Waals surface area (Å²) in [6.45, 7) is 2.12. The Labute approximate surface area is 153 Å². The highest BCUT2D eigenvalue weighted by Crippen LogP contribution is 2.31. The second-order valence-electron chi connectivity index (χ2n) is 5.25. The monoisotopic (exact) mass is 401 g/mol. The van der Waals surface area contributed by atoms with Crippen molar-refractivity contribution in [3.8, 4) is 0 Å². The van der Waals surface area contributed by atoms with Gasteiger partial charge in [0.05, 0.1) is 5.56 Å². The van der Waals surface area contributed by atoms with Gasteiger partial charge in [-0.2, -0.15) is 0 Å². The van der Waals surface area contributed by atoms with Crippen LogP contribution in [0.2, 0.25) is 0 Å². The first kappa shape index (κ1) is 16.8. The van der Waals surface area contributed by atoms with Crippen molar-refractivity contribution in [3.05, 3.63) is 75.2 Å². The maximum Gasteiger partial charge on any atom is 0.258 e. The van der Waals surface area contributed by atoms with Crippen LogP contribution in [0.5, 0.6) is 0 Å². The van der Waals surface area contributed by atoms with Crippen molar-refractivity contribution in [1.82, 2.24) is 10.2 Å². The summed E-state index contributed by atoms with van der Waals surface area (Å²) in [5.41, 5.74) is 1.78. The fourth-order valence-electron chi connectivity index (χ4n) is 2.47. The Balaban J connectivity index is 1.78. The minimum atomic E-state index is -0.196. The number of aromatic nitrogens is 2. The summed E-state index contributed by atoms with van der Waals surface area (Å²) in [7, 11) is 0. The topological polar surface area (TPSA) is 54.9 Å². The molecule has 0 aliphatic rings. The van der Waals surface area contributed by atoms with Crippen molar-refractivity contribution < 1.29 is 4.79 Å². The zero-order chi connectivity index (χ0) is 16.9. The molecule has 1 atom stereocenters. The van der Waals surface area contributed by atoms with Gasteiger partial charge in [0.25, 0.3) is 5.91 Å². The summed E-state index contributed by atoms with van der Waals surface area (Å²) in [6.07, 6.45) is 0.927. The van der Waals surface area contributed by atoms with Crippen LogP contribution in [0.25, 0.3) is 0 Å². The average molecular weight is 402 g/mol. The molecule has 0 unspecified atom stereocenters. The summed E-state index contributed by atoms with van der Waals surface area (Å²) >= 11 is 4.81. The first-order chi connectivity index (χ1) is 11.7. The van der Waals surface area contributed by atoms with Crippen molar-refractivity contribution in [1.29, 1.82) is 0 Å². The molecule has 3 rings (SSSR count). The summed E-state index contributed by atoms with van der Waals surface area (Å²) < 4.78 is 0.753. The highest BCUT2D eigenvalue weighted by Gasteiger charge is 2.18. The standard InChI is InChI=1S/C18H16BrN3OS/c1-2-13(12-8-4-3-5-9-12)17-21-22-18(24-17)20-16(23)14-10-6-7-11-15(14)19/h3-11,13H,2H2,1H3,(H,20,22,23)/t13-/m0/s1. The van der Waals surface area contributed by atoms with E-state index in [-0.39, 0.29) is 11.8 Å². The number of halogens is 1. The van der Waals surface area contributed by atoms with E-state index in [1.807, 2.05) is 36.4 Å². The van der Waals surface area contributed by atoms with E-state index < -0.39 is 0 Å². The Hall–Kier alpha value is -2.05. The van der Waals surface area contributed by atoms with Crippen LogP contribution >= 0.6 is 27.3 Å². The van der Waals surface area contributed by atoms with E-state index in [2.05, 4.69) is 50.5 Å². The summed E-state index contributed by atoms with van der Waals surface area (Å²) in [5, 5.41) is 12.7. The molecule has 3 aromatic rings. The molecule has 1 N–H and O–H groups in total. The van der Waals surface area contributed by atoms with Gasteiger partial charge in [0.2, 0.25) is 5.13 Å². The highest BCUT2D eigenvalue weighted by atomic mass is 79.9. The van der Waals surface area contributed by atoms with Gasteiger partial charge in [-0.05, 0) is 40.0 Å². The Bertz CT molecular complexity index is 835. The van der Waals surface area contributed by atoms with Crippen LogP contribution in [0.15, 0.2) is 59.1 Å². The Kier molecular flexibility index (Phi) is 5.37. The lowest BCUT2D eigenvalue weighted by Gasteiger charge is -2.11. The molecule has 0 spiro atoms. The Morgan fingerprint density at radius 2 is 1.83 bits per heavy atom. The van der Waals surface area contributed by atoms with Crippen LogP contribution < -0.4 is 5.32 Å². The SMILES string of the molecule is CC[C@@H](c1ccccc1)c1nnc(NC(=O)c2ccccc2Br)s1. The number of rotatable bonds is 5. The highest BCUT2D eigenvalue weighted by molar-refractivity contribution is 9.10. The molecule has 0 aliphatic carbocycles. The normalized spacial score (nSPS) is 11.9. The van der Waals surface area contributed by atoms with E-state index >= 15 is 0 Å². The maximum atomic E-state index is 12.4. The van der Waals surface area contributed by atoms with Crippen molar-refractivity contribution in [3.63, 3.8) is 0 Å². The number of amides is 1. The predicted molar refractivity (Wildman–Crippen MR) is 101 cm³/mol. The van der Waals surface area contributed by atoms with Gasteiger partial charge >= 0.3 is 0 Å². The fourth-order valence-corrected chi connectivity index (χ4v) is 3.89. The quantitative estimate of drug-likeness (QED) is 0.647. The van der Waals surface area contributed by atoms with Gasteiger partial charge < -0.3 is 0 Å². The number of carbonyl (C=O) groups excluding carboxylic acids is 1. The van der Waals surface area contributed by atoms with Crippen molar-refractivity contribution >= 4 is 38.3 Å².